The first kappa shape index (κ1) is 11.7. The monoisotopic (exact) mass is 229 g/mol. The number of aromatic amines is 1. The van der Waals surface area contributed by atoms with E-state index in [1.165, 1.54) is 24.6 Å². The van der Waals surface area contributed by atoms with E-state index < -0.39 is 0 Å². The average Bonchev–Trinajstić information content (AvgIpc) is 2.77. The molecule has 3 heteroatoms. The van der Waals surface area contributed by atoms with Gasteiger partial charge in [0.05, 0.1) is 6.21 Å². The number of H-pyrrole nitrogens is 1. The van der Waals surface area contributed by atoms with Crippen LogP contribution in [0, 0.1) is 0 Å². The van der Waals surface area contributed by atoms with Crippen molar-refractivity contribution in [1.29, 1.82) is 0 Å². The highest BCUT2D eigenvalue weighted by Crippen LogP contribution is 2.15. The van der Waals surface area contributed by atoms with Crippen molar-refractivity contribution in [2.45, 2.75) is 26.2 Å². The third-order valence-corrected chi connectivity index (χ3v) is 2.81. The third kappa shape index (κ3) is 3.09. The summed E-state index contributed by atoms with van der Waals surface area (Å²) in [5, 5.41) is 5.46. The van der Waals surface area contributed by atoms with Gasteiger partial charge in [0, 0.05) is 29.2 Å². The van der Waals surface area contributed by atoms with Crippen LogP contribution in [0.2, 0.25) is 0 Å². The minimum atomic E-state index is 0.951. The van der Waals surface area contributed by atoms with Gasteiger partial charge in [0.15, 0.2) is 0 Å². The maximum atomic E-state index is 4.24. The number of benzene rings is 1. The largest absolute Gasteiger partial charge is 0.361 e. The number of rotatable bonds is 6. The number of nitrogens with zero attached hydrogens (tertiary/aromatic N) is 1. The van der Waals surface area contributed by atoms with Gasteiger partial charge in [0.25, 0.3) is 0 Å². The molecule has 17 heavy (non-hydrogen) atoms. The van der Waals surface area contributed by atoms with E-state index in [4.69, 9.17) is 0 Å². The van der Waals surface area contributed by atoms with E-state index in [0.717, 1.165) is 17.6 Å². The van der Waals surface area contributed by atoms with Crippen LogP contribution in [0.15, 0.2) is 35.6 Å². The smallest absolute Gasteiger partial charge is 0.0561 e. The number of para-hydroxylation sites is 1. The van der Waals surface area contributed by atoms with Crippen LogP contribution < -0.4 is 5.43 Å². The molecule has 3 nitrogen and oxygen atoms in total. The maximum Gasteiger partial charge on any atom is 0.0561 e. The zero-order valence-electron chi connectivity index (χ0n) is 10.2. The first-order valence-corrected chi connectivity index (χ1v) is 6.24. The predicted octanol–water partition coefficient (Wildman–Crippen LogP) is 3.28. The third-order valence-electron chi connectivity index (χ3n) is 2.81. The van der Waals surface area contributed by atoms with Crippen LogP contribution in [0.1, 0.15) is 31.7 Å². The highest BCUT2D eigenvalue weighted by Gasteiger charge is 1.98. The lowest BCUT2D eigenvalue weighted by atomic mass is 10.2. The van der Waals surface area contributed by atoms with Crippen molar-refractivity contribution in [3.05, 3.63) is 36.0 Å². The first-order chi connectivity index (χ1) is 8.42. The molecule has 1 aromatic heterocycles. The molecule has 0 atom stereocenters. The van der Waals surface area contributed by atoms with Crippen LogP contribution in [-0.4, -0.2) is 17.7 Å². The quantitative estimate of drug-likeness (QED) is 0.445. The molecule has 0 aliphatic carbocycles. The van der Waals surface area contributed by atoms with E-state index >= 15 is 0 Å². The Morgan fingerprint density at radius 2 is 2.18 bits per heavy atom. The first-order valence-electron chi connectivity index (χ1n) is 6.24. The number of hydrogen-bond acceptors (Lipinski definition) is 2. The zero-order valence-corrected chi connectivity index (χ0v) is 10.2. The Bertz CT molecular complexity index is 485. The Hall–Kier alpha value is -1.77. The molecule has 2 N–H and O–H groups in total. The summed E-state index contributed by atoms with van der Waals surface area (Å²) in [5.41, 5.74) is 5.36. The van der Waals surface area contributed by atoms with Gasteiger partial charge in [-0.2, -0.15) is 5.10 Å². The van der Waals surface area contributed by atoms with Crippen molar-refractivity contribution in [3.8, 4) is 0 Å². The fraction of sp³-hybridized carbons (Fsp3) is 0.357. The molecule has 0 aliphatic heterocycles. The molecule has 0 saturated heterocycles. The second kappa shape index (κ2) is 6.09. The molecule has 1 heterocycles. The molecule has 0 radical (unpaired) electrons. The summed E-state index contributed by atoms with van der Waals surface area (Å²) in [6.45, 7) is 3.15. The highest BCUT2D eigenvalue weighted by molar-refractivity contribution is 5.98. The van der Waals surface area contributed by atoms with Crippen molar-refractivity contribution in [2.24, 2.45) is 5.10 Å². The Labute approximate surface area is 102 Å². The summed E-state index contributed by atoms with van der Waals surface area (Å²) >= 11 is 0. The van der Waals surface area contributed by atoms with E-state index in [0.29, 0.717) is 0 Å². The molecule has 0 amide bonds. The molecule has 1 aromatic carbocycles. The summed E-state index contributed by atoms with van der Waals surface area (Å²) in [7, 11) is 0. The van der Waals surface area contributed by atoms with E-state index in [1.807, 2.05) is 24.5 Å². The lowest BCUT2D eigenvalue weighted by Crippen LogP contribution is -2.07. The van der Waals surface area contributed by atoms with Gasteiger partial charge in [-0.05, 0) is 12.5 Å². The molecule has 0 fully saturated rings. The predicted molar refractivity (Wildman–Crippen MR) is 73.4 cm³/mol. The van der Waals surface area contributed by atoms with Crippen molar-refractivity contribution in [1.82, 2.24) is 10.4 Å². The van der Waals surface area contributed by atoms with Crippen LogP contribution >= 0.6 is 0 Å². The van der Waals surface area contributed by atoms with Gasteiger partial charge in [-0.1, -0.05) is 38.0 Å². The van der Waals surface area contributed by atoms with E-state index in [-0.39, 0.29) is 0 Å². The summed E-state index contributed by atoms with van der Waals surface area (Å²) in [4.78, 5) is 3.23. The molecule has 90 valence electrons. The van der Waals surface area contributed by atoms with Gasteiger partial charge >= 0.3 is 0 Å². The van der Waals surface area contributed by atoms with Gasteiger partial charge in [0.1, 0.15) is 0 Å². The second-order valence-electron chi connectivity index (χ2n) is 4.16. The van der Waals surface area contributed by atoms with Gasteiger partial charge in [-0.15, -0.1) is 0 Å². The average molecular weight is 229 g/mol. The van der Waals surface area contributed by atoms with Crippen LogP contribution in [0.3, 0.4) is 0 Å². The normalized spacial score (nSPS) is 11.4. The molecule has 2 aromatic rings. The van der Waals surface area contributed by atoms with E-state index in [9.17, 15) is 0 Å². The number of hydrogen-bond donors (Lipinski definition) is 2. The Balaban J connectivity index is 1.92. The van der Waals surface area contributed by atoms with Gasteiger partial charge < -0.3 is 10.4 Å². The molecule has 0 saturated carbocycles. The molecule has 2 rings (SSSR count). The van der Waals surface area contributed by atoms with Gasteiger partial charge in [-0.3, -0.25) is 0 Å². The summed E-state index contributed by atoms with van der Waals surface area (Å²) in [6, 6.07) is 8.25. The molecule has 0 unspecified atom stereocenters. The number of fused-ring (bicyclic) bond motifs is 1. The number of unbranched alkanes of at least 4 members (excludes halogenated alkanes) is 2. The minimum absolute atomic E-state index is 0.951. The summed E-state index contributed by atoms with van der Waals surface area (Å²) in [5.74, 6) is 0. The lowest BCUT2D eigenvalue weighted by Gasteiger charge is -1.97. The van der Waals surface area contributed by atoms with Crippen LogP contribution in [0.4, 0.5) is 0 Å². The van der Waals surface area contributed by atoms with Crippen molar-refractivity contribution in [2.75, 3.05) is 6.54 Å². The molecule has 0 spiro atoms. The van der Waals surface area contributed by atoms with E-state index in [2.05, 4.69) is 34.6 Å². The van der Waals surface area contributed by atoms with Crippen LogP contribution in [-0.2, 0) is 0 Å². The van der Waals surface area contributed by atoms with Crippen molar-refractivity contribution in [3.63, 3.8) is 0 Å². The minimum Gasteiger partial charge on any atom is -0.361 e. The van der Waals surface area contributed by atoms with Gasteiger partial charge in [0.2, 0.25) is 0 Å². The van der Waals surface area contributed by atoms with Crippen LogP contribution in [0.25, 0.3) is 10.9 Å². The van der Waals surface area contributed by atoms with Crippen LogP contribution in [0.5, 0.6) is 0 Å². The Morgan fingerprint density at radius 3 is 3.06 bits per heavy atom. The number of hydrazone groups is 1. The SMILES string of the molecule is CCCCCNN=Cc1c[nH]c2ccccc12. The molecular formula is C14H19N3. The lowest BCUT2D eigenvalue weighted by molar-refractivity contribution is 0.641. The highest BCUT2D eigenvalue weighted by atomic mass is 15.3. The molecular weight excluding hydrogens is 210 g/mol. The Morgan fingerprint density at radius 1 is 1.29 bits per heavy atom. The maximum absolute atomic E-state index is 4.24. The fourth-order valence-electron chi connectivity index (χ4n) is 1.83. The number of nitrogens with one attached hydrogen (secondary N) is 2. The molecule has 0 bridgehead atoms. The summed E-state index contributed by atoms with van der Waals surface area (Å²) in [6.07, 6.45) is 7.55. The number of aromatic nitrogens is 1. The Kier molecular flexibility index (Phi) is 4.19. The zero-order chi connectivity index (χ0) is 11.9. The van der Waals surface area contributed by atoms with Crippen molar-refractivity contribution < 1.29 is 0 Å². The topological polar surface area (TPSA) is 40.2 Å². The standard InChI is InChI=1S/C14H19N3/c1-2-3-6-9-16-17-11-12-10-15-14-8-5-4-7-13(12)14/h4-5,7-8,10-11,15-16H,2-3,6,9H2,1H3. The molecule has 0 aliphatic rings. The fourth-order valence-corrected chi connectivity index (χ4v) is 1.83. The van der Waals surface area contributed by atoms with Gasteiger partial charge in [-0.25, -0.2) is 0 Å². The second-order valence-corrected chi connectivity index (χ2v) is 4.16. The summed E-state index contributed by atoms with van der Waals surface area (Å²) < 4.78 is 0. The van der Waals surface area contributed by atoms with E-state index in [1.54, 1.807) is 0 Å². The van der Waals surface area contributed by atoms with Crippen molar-refractivity contribution >= 4 is 17.1 Å².